The highest BCUT2D eigenvalue weighted by atomic mass is 16.5. The van der Waals surface area contributed by atoms with Crippen molar-refractivity contribution >= 4 is 11.6 Å². The lowest BCUT2D eigenvalue weighted by molar-refractivity contribution is -0.155. The molecule has 20 heteroatoms. The molecule has 0 spiro atoms. The Morgan fingerprint density at radius 3 is 1.10 bits per heavy atom. The highest BCUT2D eigenvalue weighted by Gasteiger charge is 2.65. The Balaban J connectivity index is 0.000000113. The first kappa shape index (κ1) is 85.3. The highest BCUT2D eigenvalue weighted by molar-refractivity contribution is 5.82. The Bertz CT molecular complexity index is 3850. The maximum absolute atomic E-state index is 13.2. The summed E-state index contributed by atoms with van der Waals surface area (Å²) in [5, 5.41) is 76.0. The highest BCUT2D eigenvalue weighted by Crippen LogP contribution is 2.71. The predicted octanol–water partition coefficient (Wildman–Crippen LogP) is 17.2. The van der Waals surface area contributed by atoms with Crippen LogP contribution in [0.4, 0.5) is 0 Å². The average Bonchev–Trinajstić information content (AvgIpc) is 1.48. The van der Waals surface area contributed by atoms with Crippen molar-refractivity contribution in [3.63, 3.8) is 0 Å². The third-order valence-corrected chi connectivity index (χ3v) is 39.9. The predicted molar refractivity (Wildman–Crippen MR) is 455 cm³/mol. The zero-order valence-electron chi connectivity index (χ0n) is 74.4. The number of Topliss-reactive ketones (excluding diaryl/α,β-unsaturated/α-hetero) is 2. The van der Waals surface area contributed by atoms with Crippen molar-refractivity contribution in [2.75, 3.05) is 14.2 Å². The number of aromatic nitrogens is 12. The molecule has 0 radical (unpaired) electrons. The van der Waals surface area contributed by atoms with Gasteiger partial charge in [0.15, 0.2) is 11.6 Å². The van der Waals surface area contributed by atoms with E-state index in [0.717, 1.165) is 187 Å². The van der Waals surface area contributed by atoms with Gasteiger partial charge in [0.25, 0.3) is 0 Å². The molecule has 4 heterocycles. The Morgan fingerprint density at radius 1 is 0.364 bits per heavy atom. The van der Waals surface area contributed by atoms with Crippen molar-refractivity contribution < 1.29 is 39.5 Å². The molecule has 4 aromatic heterocycles. The fraction of sp³-hybridized carbons (Fsp3) is 0.857. The topological polar surface area (TPSA) is 256 Å². The first-order valence-electron chi connectivity index (χ1n) is 48.0. The molecule has 0 aliphatic heterocycles. The van der Waals surface area contributed by atoms with E-state index in [-0.39, 0.29) is 34.9 Å². The fourth-order valence-electron chi connectivity index (χ4n) is 33.9. The number of ether oxygens (including phenoxy) is 2. The summed E-state index contributed by atoms with van der Waals surface area (Å²) < 4.78 is 15.7. The molecule has 16 fully saturated rings. The average molecular weight is 1630 g/mol. The molecule has 20 rings (SSSR count). The van der Waals surface area contributed by atoms with Gasteiger partial charge in [0, 0.05) is 38.4 Å². The number of methoxy groups -OCH3 is 2. The standard InChI is InChI=1S/2C25H39N3O.2C24H37N3O3/c1-16(15-28-12-11-26-27-28)22-7-8-23-20-6-5-18-14-25(4,29)17(2)13-21(18)19(20)9-10-24(22,23)3;1-16(15-28-26-11-12-27-28)22-7-8-23-20-6-5-18-14-25(4,29)17(2)13-21(18)19(20)9-10-24(22,23)3;1-23(29)8-6-16-15-7-9-24(2)19(17(15)12-22(30-3)18(16)13-23)4-5-20(24)21(28)14-27-11-10-25-26-27;1-23(29)8-6-16-15-7-9-24(2)19(17(15)12-22(30-3)18(16)13-23)4-5-20(24)21(28)14-27-25-10-11-26-27/h2*11-12,17-23,29H,1,5-10,13-15H2,2-4H3;2*10-11,15-20,22,29H,4-9,12-14H2,1-3H3/t2*17-,18-,19-,20+,21-,22+,23-,24+,25-;2*15-,16-,17-,18-,19+,20-,22-,23-,24+/m0011/s1. The van der Waals surface area contributed by atoms with Gasteiger partial charge in [-0.05, 0) is 397 Å². The van der Waals surface area contributed by atoms with Crippen molar-refractivity contribution in [2.24, 2.45) is 176 Å². The number of hydrogen-bond acceptors (Lipinski definition) is 16. The van der Waals surface area contributed by atoms with Crippen LogP contribution in [0.2, 0.25) is 0 Å². The van der Waals surface area contributed by atoms with Gasteiger partial charge in [-0.3, -0.25) is 9.59 Å². The normalized spacial score (nSPS) is 48.5. The first-order chi connectivity index (χ1) is 56.2. The molecule has 118 heavy (non-hydrogen) atoms. The minimum absolute atomic E-state index is 0.0939. The van der Waals surface area contributed by atoms with E-state index in [4.69, 9.17) is 9.47 Å². The largest absolute Gasteiger partial charge is 0.390 e. The summed E-state index contributed by atoms with van der Waals surface area (Å²) in [6.07, 6.45) is 52.4. The number of aliphatic hydroxyl groups is 4. The Morgan fingerprint density at radius 2 is 0.703 bits per heavy atom. The van der Waals surface area contributed by atoms with Crippen LogP contribution >= 0.6 is 0 Å². The van der Waals surface area contributed by atoms with E-state index in [2.05, 4.69) is 110 Å². The summed E-state index contributed by atoms with van der Waals surface area (Å²) in [4.78, 5) is 29.7. The molecule has 36 atom stereocenters. The van der Waals surface area contributed by atoms with Crippen LogP contribution in [0.25, 0.3) is 0 Å². The second-order valence-corrected chi connectivity index (χ2v) is 45.6. The molecule has 16 aliphatic carbocycles. The summed E-state index contributed by atoms with van der Waals surface area (Å²) in [6.45, 7) is 34.0. The van der Waals surface area contributed by atoms with Gasteiger partial charge >= 0.3 is 0 Å². The number of ketones is 2. The van der Waals surface area contributed by atoms with Gasteiger partial charge in [0.1, 0.15) is 13.1 Å². The van der Waals surface area contributed by atoms with Gasteiger partial charge in [0.2, 0.25) is 0 Å². The van der Waals surface area contributed by atoms with E-state index < -0.39 is 22.4 Å². The van der Waals surface area contributed by atoms with Crippen molar-refractivity contribution in [1.82, 2.24) is 60.0 Å². The van der Waals surface area contributed by atoms with Crippen LogP contribution < -0.4 is 0 Å². The monoisotopic (exact) mass is 1630 g/mol. The second-order valence-electron chi connectivity index (χ2n) is 45.6. The lowest BCUT2D eigenvalue weighted by atomic mass is 9.48. The molecule has 0 aromatic carbocycles. The maximum Gasteiger partial charge on any atom is 0.159 e. The molecule has 16 saturated carbocycles. The Hall–Kier alpha value is -4.86. The van der Waals surface area contributed by atoms with Gasteiger partial charge in [-0.1, -0.05) is 76.3 Å². The molecular weight excluding hydrogens is 1470 g/mol. The minimum atomic E-state index is -0.542. The second kappa shape index (κ2) is 32.9. The zero-order chi connectivity index (χ0) is 83.0. The molecular formula is C98H152N12O8. The molecule has 0 bridgehead atoms. The summed E-state index contributed by atoms with van der Waals surface area (Å²) in [5.41, 5.74) is 1.72. The smallest absolute Gasteiger partial charge is 0.159 e. The van der Waals surface area contributed by atoms with Crippen LogP contribution in [0.1, 0.15) is 275 Å². The lowest BCUT2D eigenvalue weighted by Gasteiger charge is -2.58. The van der Waals surface area contributed by atoms with E-state index in [1.807, 2.05) is 38.9 Å². The third kappa shape index (κ3) is 15.7. The lowest BCUT2D eigenvalue weighted by Crippen LogP contribution is -2.55. The van der Waals surface area contributed by atoms with E-state index in [1.165, 1.54) is 119 Å². The molecule has 4 aromatic rings. The van der Waals surface area contributed by atoms with Gasteiger partial charge in [-0.2, -0.15) is 30.0 Å². The fourth-order valence-corrected chi connectivity index (χ4v) is 33.9. The molecule has 4 N–H and O–H groups in total. The van der Waals surface area contributed by atoms with Crippen molar-refractivity contribution in [3.05, 3.63) is 73.9 Å². The van der Waals surface area contributed by atoms with Crippen LogP contribution in [0.5, 0.6) is 0 Å². The number of carbonyl (C=O) groups is 2. The first-order valence-corrected chi connectivity index (χ1v) is 48.0. The number of allylic oxidation sites excluding steroid dienone is 2. The molecule has 0 saturated heterocycles. The van der Waals surface area contributed by atoms with E-state index in [1.54, 1.807) is 52.9 Å². The SMILES string of the molecule is C=C(Cn1ccnn1)[C@H]1CC[C@H]2[C@@H]3CC[C@H]4C[C@](C)(O)[C@@H](C)C[C@@H]4[C@H]3CC[C@]12C.C=C(Cn1nccn1)[C@H]1CC[C@H]2[C@@H]3CC[C@H]4C[C@](C)(O)[C@@H](C)C[C@@H]4[C@H]3CC[C@]12C.CO[C@@H]1C[C@@H]2[C@H](CC[C@]3(C)[C@@H](C(=O)Cn4ccnn4)CC[C@@H]23)[C@H]2CC[C@@](C)(O)C[C@H]21.CO[C@@H]1C[C@@H]2[C@H](CC[C@]3(C)[C@@H](C(=O)Cn4nccn4)CC[C@@H]23)[C@H]2CC[C@@](C)(O)C[C@H]21. The summed E-state index contributed by atoms with van der Waals surface area (Å²) in [7, 11) is 3.71. The summed E-state index contributed by atoms with van der Waals surface area (Å²) in [6, 6.07) is 0. The van der Waals surface area contributed by atoms with E-state index in [0.29, 0.717) is 107 Å². The van der Waals surface area contributed by atoms with E-state index >= 15 is 0 Å². The van der Waals surface area contributed by atoms with Gasteiger partial charge in [-0.25, -0.2) is 9.36 Å². The number of hydrogen-bond donors (Lipinski definition) is 4. The quantitative estimate of drug-likeness (QED) is 0.0856. The van der Waals surface area contributed by atoms with Crippen LogP contribution in [0, 0.1) is 176 Å². The summed E-state index contributed by atoms with van der Waals surface area (Å²) in [5.74, 6) is 17.8. The molecule has 0 amide bonds. The number of fused-ring (bicyclic) bond motifs is 20. The maximum atomic E-state index is 13.2. The number of nitrogens with zero attached hydrogens (tertiary/aromatic N) is 12. The van der Waals surface area contributed by atoms with Crippen molar-refractivity contribution in [2.45, 2.75) is 335 Å². The summed E-state index contributed by atoms with van der Waals surface area (Å²) >= 11 is 0. The third-order valence-electron chi connectivity index (χ3n) is 39.9. The van der Waals surface area contributed by atoms with Gasteiger partial charge < -0.3 is 29.9 Å². The molecule has 652 valence electrons. The Kier molecular flexibility index (Phi) is 23.8. The number of rotatable bonds is 14. The molecule has 20 nitrogen and oxygen atoms in total. The number of carbonyl (C=O) groups excluding carboxylic acids is 2. The zero-order valence-corrected chi connectivity index (χ0v) is 74.4. The van der Waals surface area contributed by atoms with Crippen molar-refractivity contribution in [1.29, 1.82) is 0 Å². The van der Waals surface area contributed by atoms with Crippen molar-refractivity contribution in [3.8, 4) is 0 Å². The van der Waals surface area contributed by atoms with Gasteiger partial charge in [0.05, 0.1) is 84.9 Å². The van der Waals surface area contributed by atoms with Crippen LogP contribution in [-0.2, 0) is 45.2 Å². The molecule has 16 aliphatic rings. The van der Waals surface area contributed by atoms with Crippen LogP contribution in [-0.4, -0.2) is 141 Å². The van der Waals surface area contributed by atoms with Crippen LogP contribution in [0.15, 0.2) is 73.9 Å². The van der Waals surface area contributed by atoms with E-state index in [9.17, 15) is 30.0 Å². The Labute approximate surface area is 706 Å². The van der Waals surface area contributed by atoms with Gasteiger partial charge in [-0.15, -0.1) is 10.2 Å². The van der Waals surface area contributed by atoms with Crippen LogP contribution in [0.3, 0.4) is 0 Å². The molecule has 0 unspecified atom stereocenters. The minimum Gasteiger partial charge on any atom is -0.390 e.